The summed E-state index contributed by atoms with van der Waals surface area (Å²) in [5.74, 6) is -3.08. The van der Waals surface area contributed by atoms with Crippen molar-refractivity contribution in [1.29, 1.82) is 0 Å². The Kier molecular flexibility index (Phi) is 3.62. The zero-order valence-electron chi connectivity index (χ0n) is 8.84. The number of hydrogen-bond donors (Lipinski definition) is 1. The highest BCUT2D eigenvalue weighted by molar-refractivity contribution is 7.12. The Balaban J connectivity index is 3.22. The van der Waals surface area contributed by atoms with Crippen LogP contribution in [0.25, 0.3) is 0 Å². The quantitative estimate of drug-likeness (QED) is 0.881. The molecule has 0 bridgehead atoms. The second kappa shape index (κ2) is 4.45. The van der Waals surface area contributed by atoms with E-state index in [1.807, 2.05) is 0 Å². The average Bonchev–Trinajstić information content (AvgIpc) is 2.48. The van der Waals surface area contributed by atoms with Crippen LogP contribution in [0.5, 0.6) is 0 Å². The van der Waals surface area contributed by atoms with Gasteiger partial charge in [0.2, 0.25) is 0 Å². The molecule has 0 aliphatic rings. The van der Waals surface area contributed by atoms with Gasteiger partial charge in [0, 0.05) is 0 Å². The molecule has 6 heteroatoms. The molecular weight excluding hydrogens is 239 g/mol. The van der Waals surface area contributed by atoms with Crippen LogP contribution in [0.1, 0.15) is 35.0 Å². The highest BCUT2D eigenvalue weighted by atomic mass is 32.1. The summed E-state index contributed by atoms with van der Waals surface area (Å²) in [6.45, 7) is 2.95. The molecular formula is C10H12F3NOS. The molecule has 2 N–H and O–H groups in total. The van der Waals surface area contributed by atoms with Gasteiger partial charge in [-0.2, -0.15) is 13.2 Å². The molecule has 1 atom stereocenters. The minimum absolute atomic E-state index is 0.00368. The number of hydrogen-bond acceptors (Lipinski definition) is 2. The number of thiophene rings is 1. The monoisotopic (exact) mass is 251 g/mol. The maximum atomic E-state index is 12.8. The molecule has 0 spiro atoms. The molecule has 0 radical (unpaired) electrons. The Morgan fingerprint density at radius 2 is 2.00 bits per heavy atom. The van der Waals surface area contributed by atoms with Gasteiger partial charge in [-0.25, -0.2) is 0 Å². The Labute approximate surface area is 95.3 Å². The molecule has 2 nitrogen and oxygen atoms in total. The molecule has 90 valence electrons. The number of halogens is 3. The van der Waals surface area contributed by atoms with E-state index in [1.54, 1.807) is 0 Å². The van der Waals surface area contributed by atoms with Crippen molar-refractivity contribution in [1.82, 2.24) is 0 Å². The zero-order valence-corrected chi connectivity index (χ0v) is 9.65. The van der Waals surface area contributed by atoms with Crippen LogP contribution in [-0.2, 0) is 0 Å². The minimum Gasteiger partial charge on any atom is -0.365 e. The molecule has 0 aliphatic carbocycles. The largest absolute Gasteiger partial charge is 0.396 e. The lowest BCUT2D eigenvalue weighted by Gasteiger charge is -2.23. The summed E-state index contributed by atoms with van der Waals surface area (Å²) < 4.78 is 38.5. The Bertz CT molecular complexity index is 384. The van der Waals surface area contributed by atoms with Gasteiger partial charge >= 0.3 is 6.18 Å². The predicted octanol–water partition coefficient (Wildman–Crippen LogP) is 3.15. The number of nitrogens with two attached hydrogens (primary N) is 1. The number of carbonyl (C=O) groups is 1. The molecule has 1 aromatic heterocycles. The summed E-state index contributed by atoms with van der Waals surface area (Å²) in [4.78, 5) is 11.0. The number of carbonyl (C=O) groups excluding carboxylic acids is 1. The van der Waals surface area contributed by atoms with Crippen LogP contribution < -0.4 is 5.73 Å². The summed E-state index contributed by atoms with van der Waals surface area (Å²) in [6.07, 6.45) is -4.36. The number of alkyl halides is 3. The predicted molar refractivity (Wildman–Crippen MR) is 56.5 cm³/mol. The third kappa shape index (κ3) is 2.55. The molecule has 0 saturated heterocycles. The molecule has 1 rings (SSSR count). The summed E-state index contributed by atoms with van der Waals surface area (Å²) in [5, 5.41) is 1.45. The summed E-state index contributed by atoms with van der Waals surface area (Å²) in [5.41, 5.74) is 5.03. The van der Waals surface area contributed by atoms with Crippen molar-refractivity contribution in [2.24, 2.45) is 11.7 Å². The first-order chi connectivity index (χ1) is 7.25. The van der Waals surface area contributed by atoms with Gasteiger partial charge in [0.25, 0.3) is 5.91 Å². The second-order valence-corrected chi connectivity index (χ2v) is 4.75. The van der Waals surface area contributed by atoms with Gasteiger partial charge in [-0.1, -0.05) is 13.8 Å². The highest BCUT2D eigenvalue weighted by Gasteiger charge is 2.44. The lowest BCUT2D eigenvalue weighted by molar-refractivity contribution is -0.159. The molecule has 0 fully saturated rings. The molecule has 1 amide bonds. The van der Waals surface area contributed by atoms with Crippen molar-refractivity contribution in [3.05, 3.63) is 21.9 Å². The fraction of sp³-hybridized carbons (Fsp3) is 0.500. The maximum absolute atomic E-state index is 12.8. The SMILES string of the molecule is CC(C)[C@H](c1ccsc1C(N)=O)C(F)(F)F. The van der Waals surface area contributed by atoms with E-state index in [2.05, 4.69) is 0 Å². The Hall–Kier alpha value is -1.04. The van der Waals surface area contributed by atoms with Crippen molar-refractivity contribution in [3.63, 3.8) is 0 Å². The average molecular weight is 251 g/mol. The third-order valence-electron chi connectivity index (χ3n) is 2.27. The summed E-state index contributed by atoms with van der Waals surface area (Å²) in [6, 6.07) is 1.32. The number of rotatable bonds is 3. The normalized spacial score (nSPS) is 14.1. The molecule has 0 saturated carbocycles. The van der Waals surface area contributed by atoms with Crippen LogP contribution in [0, 0.1) is 5.92 Å². The van der Waals surface area contributed by atoms with Crippen LogP contribution in [0.4, 0.5) is 13.2 Å². The minimum atomic E-state index is -4.36. The first kappa shape index (κ1) is 13.0. The van der Waals surface area contributed by atoms with Gasteiger partial charge in [0.1, 0.15) is 0 Å². The lowest BCUT2D eigenvalue weighted by atomic mass is 9.88. The van der Waals surface area contributed by atoms with E-state index in [4.69, 9.17) is 5.73 Å². The van der Waals surface area contributed by atoms with Crippen molar-refractivity contribution >= 4 is 17.2 Å². The van der Waals surface area contributed by atoms with Gasteiger partial charge < -0.3 is 5.73 Å². The van der Waals surface area contributed by atoms with Crippen LogP contribution in [0.2, 0.25) is 0 Å². The molecule has 0 unspecified atom stereocenters. The third-order valence-corrected chi connectivity index (χ3v) is 3.22. The van der Waals surface area contributed by atoms with E-state index in [0.717, 1.165) is 11.3 Å². The van der Waals surface area contributed by atoms with E-state index in [1.165, 1.54) is 25.3 Å². The lowest BCUT2D eigenvalue weighted by Crippen LogP contribution is -2.27. The van der Waals surface area contributed by atoms with Crippen LogP contribution >= 0.6 is 11.3 Å². The zero-order chi connectivity index (χ0) is 12.5. The van der Waals surface area contributed by atoms with Gasteiger partial charge in [-0.3, -0.25) is 4.79 Å². The van der Waals surface area contributed by atoms with Gasteiger partial charge in [-0.05, 0) is 22.9 Å². The maximum Gasteiger partial charge on any atom is 0.396 e. The van der Waals surface area contributed by atoms with Gasteiger partial charge in [0.05, 0.1) is 10.8 Å². The number of amides is 1. The fourth-order valence-corrected chi connectivity index (χ4v) is 2.48. The topological polar surface area (TPSA) is 43.1 Å². The fourth-order valence-electron chi connectivity index (χ4n) is 1.68. The molecule has 0 aromatic carbocycles. The van der Waals surface area contributed by atoms with Crippen LogP contribution in [0.3, 0.4) is 0 Å². The first-order valence-electron chi connectivity index (χ1n) is 4.69. The van der Waals surface area contributed by atoms with Crippen molar-refractivity contribution in [3.8, 4) is 0 Å². The Morgan fingerprint density at radius 3 is 2.38 bits per heavy atom. The molecule has 1 aromatic rings. The van der Waals surface area contributed by atoms with E-state index >= 15 is 0 Å². The molecule has 0 aliphatic heterocycles. The smallest absolute Gasteiger partial charge is 0.365 e. The van der Waals surface area contributed by atoms with Crippen molar-refractivity contribution in [2.75, 3.05) is 0 Å². The number of primary amides is 1. The van der Waals surface area contributed by atoms with Crippen molar-refractivity contribution < 1.29 is 18.0 Å². The Morgan fingerprint density at radius 1 is 1.44 bits per heavy atom. The molecule has 1 heterocycles. The highest BCUT2D eigenvalue weighted by Crippen LogP contribution is 2.42. The molecule has 16 heavy (non-hydrogen) atoms. The van der Waals surface area contributed by atoms with Gasteiger partial charge in [0.15, 0.2) is 0 Å². The van der Waals surface area contributed by atoms with E-state index in [0.29, 0.717) is 0 Å². The summed E-state index contributed by atoms with van der Waals surface area (Å²) >= 11 is 0.945. The summed E-state index contributed by atoms with van der Waals surface area (Å²) in [7, 11) is 0. The van der Waals surface area contributed by atoms with E-state index in [-0.39, 0.29) is 10.4 Å². The van der Waals surface area contributed by atoms with E-state index < -0.39 is 23.9 Å². The standard InChI is InChI=1S/C10H12F3NOS/c1-5(2)7(10(11,12)13)6-3-4-16-8(6)9(14)15/h3-5,7H,1-2H3,(H2,14,15)/t7-/m1/s1. The van der Waals surface area contributed by atoms with Crippen LogP contribution in [-0.4, -0.2) is 12.1 Å². The van der Waals surface area contributed by atoms with Crippen molar-refractivity contribution in [2.45, 2.75) is 25.9 Å². The van der Waals surface area contributed by atoms with E-state index in [9.17, 15) is 18.0 Å². The van der Waals surface area contributed by atoms with Crippen LogP contribution in [0.15, 0.2) is 11.4 Å². The van der Waals surface area contributed by atoms with Gasteiger partial charge in [-0.15, -0.1) is 11.3 Å². The second-order valence-electron chi connectivity index (χ2n) is 3.83. The first-order valence-corrected chi connectivity index (χ1v) is 5.57.